The first-order valence-electron chi connectivity index (χ1n) is 9.39. The third-order valence-electron chi connectivity index (χ3n) is 5.20. The number of benzene rings is 1. The van der Waals surface area contributed by atoms with Crippen LogP contribution in [0.2, 0.25) is 5.15 Å². The Hall–Kier alpha value is -2.93. The molecular formula is C21H21ClFN5O. The molecule has 150 valence electrons. The van der Waals surface area contributed by atoms with Crippen LogP contribution >= 0.6 is 11.6 Å². The molecule has 0 spiro atoms. The molecular weight excluding hydrogens is 393 g/mol. The van der Waals surface area contributed by atoms with Gasteiger partial charge in [-0.3, -0.25) is 9.36 Å². The molecule has 3 heterocycles. The van der Waals surface area contributed by atoms with E-state index in [1.54, 1.807) is 28.6 Å². The van der Waals surface area contributed by atoms with Crippen molar-refractivity contribution in [3.8, 4) is 0 Å². The second-order valence-electron chi connectivity index (χ2n) is 7.18. The number of nitrogens with zero attached hydrogens (tertiary/aromatic N) is 4. The van der Waals surface area contributed by atoms with E-state index in [4.69, 9.17) is 11.6 Å². The molecule has 0 aliphatic carbocycles. The number of halogens is 2. The number of hydrogen-bond acceptors (Lipinski definition) is 4. The van der Waals surface area contributed by atoms with Gasteiger partial charge < -0.3 is 5.32 Å². The molecule has 0 fully saturated rings. The molecule has 0 bridgehead atoms. The van der Waals surface area contributed by atoms with Crippen LogP contribution in [-0.4, -0.2) is 19.3 Å². The van der Waals surface area contributed by atoms with E-state index in [0.29, 0.717) is 11.9 Å². The Morgan fingerprint density at radius 1 is 1.28 bits per heavy atom. The van der Waals surface area contributed by atoms with Gasteiger partial charge in [0.1, 0.15) is 10.8 Å². The van der Waals surface area contributed by atoms with E-state index in [0.717, 1.165) is 27.5 Å². The van der Waals surface area contributed by atoms with E-state index in [2.05, 4.69) is 15.4 Å². The first-order chi connectivity index (χ1) is 13.8. The zero-order chi connectivity index (χ0) is 20.9. The van der Waals surface area contributed by atoms with Gasteiger partial charge in [-0.05, 0) is 50.1 Å². The molecule has 29 heavy (non-hydrogen) atoms. The smallest absolute Gasteiger partial charge is 0.259 e. The highest BCUT2D eigenvalue weighted by Crippen LogP contribution is 2.32. The van der Waals surface area contributed by atoms with Crippen molar-refractivity contribution in [2.24, 2.45) is 7.05 Å². The summed E-state index contributed by atoms with van der Waals surface area (Å²) in [5.41, 5.74) is 2.78. The first kappa shape index (κ1) is 19.4. The fraction of sp³-hybridized carbons (Fsp3) is 0.286. The minimum Gasteiger partial charge on any atom is -0.375 e. The van der Waals surface area contributed by atoms with Gasteiger partial charge >= 0.3 is 0 Å². The van der Waals surface area contributed by atoms with Crippen molar-refractivity contribution in [1.29, 1.82) is 0 Å². The highest BCUT2D eigenvalue weighted by atomic mass is 35.5. The minimum atomic E-state index is -0.666. The number of nitrogens with one attached hydrogen (secondary N) is 1. The molecule has 4 aromatic rings. The van der Waals surface area contributed by atoms with Gasteiger partial charge in [-0.25, -0.2) is 9.67 Å². The summed E-state index contributed by atoms with van der Waals surface area (Å²) < 4.78 is 17.7. The molecule has 1 aromatic carbocycles. The van der Waals surface area contributed by atoms with Crippen molar-refractivity contribution in [2.75, 3.05) is 5.32 Å². The first-order valence-corrected chi connectivity index (χ1v) is 9.77. The molecule has 0 amide bonds. The summed E-state index contributed by atoms with van der Waals surface area (Å²) >= 11 is 5.76. The standard InChI is InChI=1S/C21H21ClFN5O/c1-5-28-20-15(10-24-28)18-13(8-11(2)9-14(18)21(29)27(20)4)12(3)25-16-6-7-17(22)26-19(16)23/h6-10,12,25H,5H2,1-4H3. The van der Waals surface area contributed by atoms with Crippen molar-refractivity contribution in [1.82, 2.24) is 19.3 Å². The van der Waals surface area contributed by atoms with Gasteiger partial charge in [0.15, 0.2) is 0 Å². The van der Waals surface area contributed by atoms with Gasteiger partial charge in [-0.1, -0.05) is 17.7 Å². The summed E-state index contributed by atoms with van der Waals surface area (Å²) in [6.07, 6.45) is 1.79. The maximum Gasteiger partial charge on any atom is 0.259 e. The van der Waals surface area contributed by atoms with Gasteiger partial charge in [-0.15, -0.1) is 0 Å². The largest absolute Gasteiger partial charge is 0.375 e. The lowest BCUT2D eigenvalue weighted by molar-refractivity contribution is 0.585. The average molecular weight is 414 g/mol. The molecule has 0 saturated heterocycles. The van der Waals surface area contributed by atoms with E-state index in [-0.39, 0.29) is 22.4 Å². The number of aryl methyl sites for hydroxylation is 3. The number of anilines is 1. The molecule has 6 nitrogen and oxygen atoms in total. The Balaban J connectivity index is 1.97. The average Bonchev–Trinajstić information content (AvgIpc) is 3.11. The Kier molecular flexibility index (Phi) is 4.78. The Bertz CT molecular complexity index is 1310. The van der Waals surface area contributed by atoms with E-state index >= 15 is 0 Å². The van der Waals surface area contributed by atoms with Crippen molar-refractivity contribution < 1.29 is 4.39 Å². The monoisotopic (exact) mass is 413 g/mol. The number of aromatic nitrogens is 4. The predicted molar refractivity (Wildman–Crippen MR) is 114 cm³/mol. The summed E-state index contributed by atoms with van der Waals surface area (Å²) in [6, 6.07) is 6.72. The SMILES string of the molecule is CCn1ncc2c3c(C(C)Nc4ccc(Cl)nc4F)cc(C)cc3c(=O)n(C)c21. The second kappa shape index (κ2) is 7.15. The molecule has 1 atom stereocenters. The highest BCUT2D eigenvalue weighted by Gasteiger charge is 2.20. The lowest BCUT2D eigenvalue weighted by atomic mass is 9.96. The molecule has 0 aliphatic heterocycles. The topological polar surface area (TPSA) is 64.7 Å². The molecule has 4 rings (SSSR count). The zero-order valence-electron chi connectivity index (χ0n) is 16.6. The molecule has 0 aliphatic rings. The van der Waals surface area contributed by atoms with Crippen LogP contribution in [0.1, 0.15) is 31.0 Å². The van der Waals surface area contributed by atoms with E-state index in [9.17, 15) is 9.18 Å². The van der Waals surface area contributed by atoms with Crippen LogP contribution < -0.4 is 10.9 Å². The summed E-state index contributed by atoms with van der Waals surface area (Å²) in [4.78, 5) is 16.8. The van der Waals surface area contributed by atoms with Crippen LogP contribution in [0.15, 0.2) is 35.3 Å². The van der Waals surface area contributed by atoms with E-state index in [1.165, 1.54) is 6.07 Å². The quantitative estimate of drug-likeness (QED) is 0.497. The molecule has 0 radical (unpaired) electrons. The molecule has 0 saturated carbocycles. The van der Waals surface area contributed by atoms with Crippen molar-refractivity contribution in [2.45, 2.75) is 33.4 Å². The lowest BCUT2D eigenvalue weighted by Crippen LogP contribution is -2.20. The minimum absolute atomic E-state index is 0.0841. The Morgan fingerprint density at radius 3 is 2.72 bits per heavy atom. The van der Waals surface area contributed by atoms with Gasteiger partial charge in [0.05, 0.1) is 11.9 Å². The maximum atomic E-state index is 14.2. The van der Waals surface area contributed by atoms with Crippen LogP contribution in [-0.2, 0) is 13.6 Å². The van der Waals surface area contributed by atoms with Crippen LogP contribution in [0.3, 0.4) is 0 Å². The molecule has 3 aromatic heterocycles. The third kappa shape index (κ3) is 3.15. The van der Waals surface area contributed by atoms with Crippen LogP contribution in [0.25, 0.3) is 21.8 Å². The summed E-state index contributed by atoms with van der Waals surface area (Å²) in [6.45, 7) is 6.51. The number of rotatable bonds is 4. The Labute approximate surface area is 171 Å². The van der Waals surface area contributed by atoms with Crippen LogP contribution in [0.5, 0.6) is 0 Å². The van der Waals surface area contributed by atoms with E-state index in [1.807, 2.05) is 32.9 Å². The van der Waals surface area contributed by atoms with Crippen LogP contribution in [0.4, 0.5) is 10.1 Å². The fourth-order valence-electron chi connectivity index (χ4n) is 3.87. The number of hydrogen-bond donors (Lipinski definition) is 1. The summed E-state index contributed by atoms with van der Waals surface area (Å²) in [7, 11) is 1.76. The van der Waals surface area contributed by atoms with Gasteiger partial charge in [0.25, 0.3) is 5.56 Å². The third-order valence-corrected chi connectivity index (χ3v) is 5.41. The zero-order valence-corrected chi connectivity index (χ0v) is 17.4. The van der Waals surface area contributed by atoms with Gasteiger partial charge in [-0.2, -0.15) is 9.49 Å². The normalized spacial score (nSPS) is 12.6. The highest BCUT2D eigenvalue weighted by molar-refractivity contribution is 6.29. The van der Waals surface area contributed by atoms with E-state index < -0.39 is 5.95 Å². The fourth-order valence-corrected chi connectivity index (χ4v) is 4.01. The van der Waals surface area contributed by atoms with Gasteiger partial charge in [0, 0.05) is 35.8 Å². The number of pyridine rings is 2. The van der Waals surface area contributed by atoms with Crippen LogP contribution in [0, 0.1) is 12.9 Å². The Morgan fingerprint density at radius 2 is 2.03 bits per heavy atom. The second-order valence-corrected chi connectivity index (χ2v) is 7.56. The van der Waals surface area contributed by atoms with Crippen molar-refractivity contribution in [3.05, 3.63) is 63.0 Å². The summed E-state index contributed by atoms with van der Waals surface area (Å²) in [5.74, 6) is -0.666. The van der Waals surface area contributed by atoms with Gasteiger partial charge in [0.2, 0.25) is 5.95 Å². The summed E-state index contributed by atoms with van der Waals surface area (Å²) in [5, 5.41) is 10.0. The lowest BCUT2D eigenvalue weighted by Gasteiger charge is -2.20. The molecule has 8 heteroatoms. The number of fused-ring (bicyclic) bond motifs is 3. The predicted octanol–water partition coefficient (Wildman–Crippen LogP) is 4.58. The molecule has 1 unspecified atom stereocenters. The maximum absolute atomic E-state index is 14.2. The van der Waals surface area contributed by atoms with Crippen molar-refractivity contribution in [3.63, 3.8) is 0 Å². The van der Waals surface area contributed by atoms with Crippen molar-refractivity contribution >= 4 is 39.1 Å². The molecule has 1 N–H and O–H groups in total.